The monoisotopic (exact) mass is 451 g/mol. The Morgan fingerprint density at radius 1 is 1.06 bits per heavy atom. The fourth-order valence-corrected chi connectivity index (χ4v) is 4.69. The Balaban J connectivity index is 1.80. The molecule has 0 spiro atoms. The molecule has 1 saturated heterocycles. The van der Waals surface area contributed by atoms with Gasteiger partial charge in [-0.2, -0.15) is 0 Å². The number of amides is 1. The molecular formula is C22H17N3O4S2. The molecule has 1 amide bonds. The van der Waals surface area contributed by atoms with Gasteiger partial charge in [-0.05, 0) is 36.8 Å². The quantitative estimate of drug-likeness (QED) is 0.482. The van der Waals surface area contributed by atoms with Gasteiger partial charge in [0.25, 0.3) is 11.5 Å². The Labute approximate surface area is 187 Å². The molecule has 1 N–H and O–H groups in total. The standard InChI is InChI=1S/C22H17N3O4S2/c1-13-18(20(27)25(23(13)2)15-9-4-3-5-10-15)24-19(26)17(31-22(24)30)12-14-8-6-7-11-16(14)21(28)29/h3-12H,1-2H3,(H,28,29)/b17-12-. The molecule has 3 aromatic rings. The molecule has 31 heavy (non-hydrogen) atoms. The topological polar surface area (TPSA) is 84.5 Å². The van der Waals surface area contributed by atoms with Crippen molar-refractivity contribution in [2.45, 2.75) is 6.92 Å². The van der Waals surface area contributed by atoms with Gasteiger partial charge in [0.1, 0.15) is 5.69 Å². The summed E-state index contributed by atoms with van der Waals surface area (Å²) in [5, 5.41) is 9.40. The Kier molecular flexibility index (Phi) is 5.38. The SMILES string of the molecule is Cc1c(N2C(=O)/C(=C/c3ccccc3C(=O)O)SC2=S)c(=O)n(-c2ccccc2)n1C. The highest BCUT2D eigenvalue weighted by molar-refractivity contribution is 8.27. The van der Waals surface area contributed by atoms with E-state index in [2.05, 4.69) is 0 Å². The molecule has 0 radical (unpaired) electrons. The average Bonchev–Trinajstić information content (AvgIpc) is 3.14. The molecule has 0 bridgehead atoms. The van der Waals surface area contributed by atoms with E-state index in [0.717, 1.165) is 11.8 Å². The van der Waals surface area contributed by atoms with Crippen molar-refractivity contribution in [3.05, 3.63) is 86.7 Å². The van der Waals surface area contributed by atoms with Crippen LogP contribution in [0.1, 0.15) is 21.6 Å². The summed E-state index contributed by atoms with van der Waals surface area (Å²) < 4.78 is 3.37. The number of carbonyl (C=O) groups excluding carboxylic acids is 1. The minimum absolute atomic E-state index is 0.0788. The number of thiocarbonyl (C=S) groups is 1. The lowest BCUT2D eigenvalue weighted by molar-refractivity contribution is -0.113. The maximum Gasteiger partial charge on any atom is 0.336 e. The normalized spacial score (nSPS) is 15.2. The van der Waals surface area contributed by atoms with Crippen LogP contribution in [0.2, 0.25) is 0 Å². The molecule has 0 unspecified atom stereocenters. The lowest BCUT2D eigenvalue weighted by Crippen LogP contribution is -2.33. The van der Waals surface area contributed by atoms with Crippen molar-refractivity contribution < 1.29 is 14.7 Å². The Morgan fingerprint density at radius 3 is 2.39 bits per heavy atom. The highest BCUT2D eigenvalue weighted by atomic mass is 32.2. The summed E-state index contributed by atoms with van der Waals surface area (Å²) in [7, 11) is 1.74. The first kappa shape index (κ1) is 20.8. The van der Waals surface area contributed by atoms with Crippen LogP contribution in [0.25, 0.3) is 11.8 Å². The molecule has 4 rings (SSSR count). The largest absolute Gasteiger partial charge is 0.478 e. The van der Waals surface area contributed by atoms with Crippen LogP contribution in [0.15, 0.2) is 64.3 Å². The van der Waals surface area contributed by atoms with Gasteiger partial charge in [-0.1, -0.05) is 60.4 Å². The van der Waals surface area contributed by atoms with E-state index < -0.39 is 11.9 Å². The van der Waals surface area contributed by atoms with Crippen LogP contribution in [-0.4, -0.2) is 30.7 Å². The second-order valence-electron chi connectivity index (χ2n) is 6.82. The van der Waals surface area contributed by atoms with Crippen LogP contribution in [-0.2, 0) is 11.8 Å². The van der Waals surface area contributed by atoms with E-state index >= 15 is 0 Å². The Hall–Kier alpha value is -3.43. The van der Waals surface area contributed by atoms with Gasteiger partial charge in [0.05, 0.1) is 21.8 Å². The van der Waals surface area contributed by atoms with Crippen molar-refractivity contribution in [3.8, 4) is 5.69 Å². The minimum Gasteiger partial charge on any atom is -0.478 e. The molecule has 2 heterocycles. The molecule has 1 aliphatic heterocycles. The smallest absolute Gasteiger partial charge is 0.336 e. The van der Waals surface area contributed by atoms with Gasteiger partial charge in [0.2, 0.25) is 0 Å². The zero-order valence-corrected chi connectivity index (χ0v) is 18.2. The van der Waals surface area contributed by atoms with Crippen molar-refractivity contribution in [2.75, 3.05) is 4.90 Å². The molecule has 1 aromatic heterocycles. The number of thioether (sulfide) groups is 1. The number of aromatic nitrogens is 2. The Morgan fingerprint density at radius 2 is 1.71 bits per heavy atom. The first-order chi connectivity index (χ1) is 14.8. The number of anilines is 1. The van der Waals surface area contributed by atoms with Crippen molar-refractivity contribution in [3.63, 3.8) is 0 Å². The minimum atomic E-state index is -1.09. The van der Waals surface area contributed by atoms with Crippen LogP contribution >= 0.6 is 24.0 Å². The van der Waals surface area contributed by atoms with Gasteiger partial charge in [-0.25, -0.2) is 9.48 Å². The number of hydrogen-bond acceptors (Lipinski definition) is 5. The van der Waals surface area contributed by atoms with Crippen molar-refractivity contribution in [2.24, 2.45) is 7.05 Å². The first-order valence-corrected chi connectivity index (χ1v) is 10.5. The molecular weight excluding hydrogens is 434 g/mol. The van der Waals surface area contributed by atoms with E-state index in [1.165, 1.54) is 21.7 Å². The Bertz CT molecular complexity index is 1320. The molecule has 1 fully saturated rings. The van der Waals surface area contributed by atoms with Crippen molar-refractivity contribution in [1.82, 2.24) is 9.36 Å². The highest BCUT2D eigenvalue weighted by Crippen LogP contribution is 2.36. The molecule has 9 heteroatoms. The second-order valence-corrected chi connectivity index (χ2v) is 8.50. The third kappa shape index (κ3) is 3.51. The van der Waals surface area contributed by atoms with E-state index in [0.29, 0.717) is 16.9 Å². The molecule has 0 aliphatic carbocycles. The van der Waals surface area contributed by atoms with Crippen LogP contribution in [0.4, 0.5) is 5.69 Å². The maximum absolute atomic E-state index is 13.3. The summed E-state index contributed by atoms with van der Waals surface area (Å²) in [4.78, 5) is 39.5. The lowest BCUT2D eigenvalue weighted by Gasteiger charge is -2.12. The predicted octanol–water partition coefficient (Wildman–Crippen LogP) is 3.59. The maximum atomic E-state index is 13.3. The summed E-state index contributed by atoms with van der Waals surface area (Å²) in [6.07, 6.45) is 1.50. The number of carboxylic acids is 1. The van der Waals surface area contributed by atoms with E-state index in [1.807, 2.05) is 18.2 Å². The van der Waals surface area contributed by atoms with Gasteiger partial charge in [0, 0.05) is 7.05 Å². The fourth-order valence-electron chi connectivity index (χ4n) is 3.43. The number of para-hydroxylation sites is 1. The van der Waals surface area contributed by atoms with E-state index in [1.54, 1.807) is 49.0 Å². The van der Waals surface area contributed by atoms with E-state index in [9.17, 15) is 19.5 Å². The van der Waals surface area contributed by atoms with E-state index in [-0.39, 0.29) is 26.0 Å². The lowest BCUT2D eigenvalue weighted by atomic mass is 10.1. The first-order valence-electron chi connectivity index (χ1n) is 9.25. The van der Waals surface area contributed by atoms with Gasteiger partial charge in [-0.15, -0.1) is 0 Å². The van der Waals surface area contributed by atoms with Crippen LogP contribution in [0, 0.1) is 6.92 Å². The predicted molar refractivity (Wildman–Crippen MR) is 125 cm³/mol. The van der Waals surface area contributed by atoms with Crippen molar-refractivity contribution in [1.29, 1.82) is 0 Å². The zero-order valence-electron chi connectivity index (χ0n) is 16.6. The number of aromatic carboxylic acids is 1. The fraction of sp³-hybridized carbons (Fsp3) is 0.0909. The number of carbonyl (C=O) groups is 2. The van der Waals surface area contributed by atoms with Gasteiger partial charge in [0.15, 0.2) is 4.32 Å². The number of carboxylic acid groups (broad SMARTS) is 1. The third-order valence-corrected chi connectivity index (χ3v) is 6.32. The zero-order chi connectivity index (χ0) is 22.3. The number of nitrogens with zero attached hydrogens (tertiary/aromatic N) is 3. The number of rotatable bonds is 4. The summed E-state index contributed by atoms with van der Waals surface area (Å²) in [5.41, 5.74) is 1.54. The molecule has 0 saturated carbocycles. The summed E-state index contributed by atoms with van der Waals surface area (Å²) in [5.74, 6) is -1.55. The van der Waals surface area contributed by atoms with Crippen molar-refractivity contribution >= 4 is 51.9 Å². The number of hydrogen-bond donors (Lipinski definition) is 1. The summed E-state index contributed by atoms with van der Waals surface area (Å²) in [6.45, 7) is 1.75. The molecule has 0 atom stereocenters. The second kappa shape index (κ2) is 8.01. The van der Waals surface area contributed by atoms with Gasteiger partial charge in [-0.3, -0.25) is 19.2 Å². The van der Waals surface area contributed by atoms with Crippen LogP contribution < -0.4 is 10.5 Å². The molecule has 2 aromatic carbocycles. The summed E-state index contributed by atoms with van der Waals surface area (Å²) in [6, 6.07) is 15.5. The van der Waals surface area contributed by atoms with Gasteiger partial charge < -0.3 is 5.11 Å². The number of benzene rings is 2. The molecule has 156 valence electrons. The van der Waals surface area contributed by atoms with Crippen LogP contribution in [0.3, 0.4) is 0 Å². The van der Waals surface area contributed by atoms with Gasteiger partial charge >= 0.3 is 5.97 Å². The average molecular weight is 452 g/mol. The molecule has 1 aliphatic rings. The highest BCUT2D eigenvalue weighted by Gasteiger charge is 2.37. The third-order valence-electron chi connectivity index (χ3n) is 5.02. The molecule has 7 nitrogen and oxygen atoms in total. The summed E-state index contributed by atoms with van der Waals surface area (Å²) >= 11 is 6.46. The van der Waals surface area contributed by atoms with E-state index in [4.69, 9.17) is 12.2 Å². The van der Waals surface area contributed by atoms with Crippen LogP contribution in [0.5, 0.6) is 0 Å².